The van der Waals surface area contributed by atoms with E-state index in [1.165, 1.54) is 0 Å². The van der Waals surface area contributed by atoms with E-state index in [1.807, 2.05) is 20.8 Å². The van der Waals surface area contributed by atoms with Crippen LogP contribution in [0.2, 0.25) is 0 Å². The first-order chi connectivity index (χ1) is 8.87. The van der Waals surface area contributed by atoms with Crippen LogP contribution in [0.25, 0.3) is 0 Å². The van der Waals surface area contributed by atoms with Gasteiger partial charge in [0.2, 0.25) is 0 Å². The van der Waals surface area contributed by atoms with Crippen molar-refractivity contribution in [2.75, 3.05) is 12.3 Å². The molecule has 1 aliphatic heterocycles. The van der Waals surface area contributed by atoms with E-state index in [0.29, 0.717) is 23.6 Å². The number of nitrogens with zero attached hydrogens (tertiary/aromatic N) is 1. The Morgan fingerprint density at radius 3 is 3.00 bits per heavy atom. The second-order valence-electron chi connectivity index (χ2n) is 5.67. The van der Waals surface area contributed by atoms with E-state index in [4.69, 9.17) is 10.5 Å². The predicted molar refractivity (Wildman–Crippen MR) is 73.9 cm³/mol. The van der Waals surface area contributed by atoms with Gasteiger partial charge in [-0.3, -0.25) is 9.78 Å². The Hall–Kier alpha value is -1.62. The third-order valence-corrected chi connectivity index (χ3v) is 3.39. The van der Waals surface area contributed by atoms with Crippen LogP contribution in [0.15, 0.2) is 12.3 Å². The Balaban J connectivity index is 2.06. The van der Waals surface area contributed by atoms with E-state index in [2.05, 4.69) is 10.3 Å². The van der Waals surface area contributed by atoms with E-state index < -0.39 is 0 Å². The number of aromatic nitrogens is 1. The van der Waals surface area contributed by atoms with Crippen molar-refractivity contribution in [3.8, 4) is 0 Å². The molecule has 0 aromatic carbocycles. The Morgan fingerprint density at radius 1 is 1.58 bits per heavy atom. The second-order valence-corrected chi connectivity index (χ2v) is 5.67. The normalized spacial score (nSPS) is 21.9. The molecule has 0 radical (unpaired) electrons. The van der Waals surface area contributed by atoms with Crippen LogP contribution in [0.3, 0.4) is 0 Å². The van der Waals surface area contributed by atoms with Gasteiger partial charge >= 0.3 is 0 Å². The molecule has 1 aromatic rings. The number of aryl methyl sites for hydroxylation is 1. The molecule has 0 bridgehead atoms. The van der Waals surface area contributed by atoms with Crippen LogP contribution >= 0.6 is 0 Å². The van der Waals surface area contributed by atoms with Gasteiger partial charge in [0, 0.05) is 12.6 Å². The minimum Gasteiger partial charge on any atom is -0.397 e. The lowest BCUT2D eigenvalue weighted by Crippen LogP contribution is -2.46. The topological polar surface area (TPSA) is 77.2 Å². The van der Waals surface area contributed by atoms with Gasteiger partial charge in [-0.05, 0) is 39.7 Å². The molecule has 1 unspecified atom stereocenters. The maximum absolute atomic E-state index is 12.2. The average Bonchev–Trinajstić information content (AvgIpc) is 2.31. The number of nitrogens with two attached hydrogens (primary N) is 1. The first-order valence-corrected chi connectivity index (χ1v) is 6.54. The van der Waals surface area contributed by atoms with Crippen molar-refractivity contribution in [3.63, 3.8) is 0 Å². The van der Waals surface area contributed by atoms with Crippen LogP contribution in [-0.2, 0) is 4.74 Å². The molecule has 0 aliphatic carbocycles. The van der Waals surface area contributed by atoms with Crippen LogP contribution < -0.4 is 11.1 Å². The summed E-state index contributed by atoms with van der Waals surface area (Å²) in [5.41, 5.74) is 7.24. The van der Waals surface area contributed by atoms with E-state index in [0.717, 1.165) is 12.8 Å². The molecule has 104 valence electrons. The zero-order valence-electron chi connectivity index (χ0n) is 11.7. The second kappa shape index (κ2) is 5.17. The molecule has 2 rings (SSSR count). The van der Waals surface area contributed by atoms with Gasteiger partial charge in [-0.15, -0.1) is 0 Å². The first kappa shape index (κ1) is 13.8. The Labute approximate surface area is 113 Å². The maximum atomic E-state index is 12.2. The van der Waals surface area contributed by atoms with Crippen molar-refractivity contribution in [3.05, 3.63) is 23.5 Å². The van der Waals surface area contributed by atoms with Crippen LogP contribution in [0.5, 0.6) is 0 Å². The summed E-state index contributed by atoms with van der Waals surface area (Å²) >= 11 is 0. The predicted octanol–water partition coefficient (Wildman–Crippen LogP) is 1.66. The summed E-state index contributed by atoms with van der Waals surface area (Å²) in [5, 5.41) is 3.04. The van der Waals surface area contributed by atoms with Gasteiger partial charge in [0.25, 0.3) is 5.91 Å². The molecule has 1 fully saturated rings. The lowest BCUT2D eigenvalue weighted by Gasteiger charge is -2.35. The van der Waals surface area contributed by atoms with E-state index in [-0.39, 0.29) is 17.6 Å². The molecule has 19 heavy (non-hydrogen) atoms. The fraction of sp³-hybridized carbons (Fsp3) is 0.571. The SMILES string of the molecule is Cc1ncc(N)cc1C(=O)NC1CCOC(C)(C)C1. The minimum absolute atomic E-state index is 0.111. The summed E-state index contributed by atoms with van der Waals surface area (Å²) in [5.74, 6) is -0.111. The van der Waals surface area contributed by atoms with Crippen molar-refractivity contribution in [2.45, 2.75) is 45.3 Å². The minimum atomic E-state index is -0.181. The molecular formula is C14H21N3O2. The highest BCUT2D eigenvalue weighted by Crippen LogP contribution is 2.24. The van der Waals surface area contributed by atoms with E-state index >= 15 is 0 Å². The molecule has 5 heteroatoms. The molecule has 0 spiro atoms. The highest BCUT2D eigenvalue weighted by Gasteiger charge is 2.30. The quantitative estimate of drug-likeness (QED) is 0.850. The summed E-state index contributed by atoms with van der Waals surface area (Å²) in [6.07, 6.45) is 3.21. The fourth-order valence-electron chi connectivity index (χ4n) is 2.40. The molecule has 1 atom stereocenters. The highest BCUT2D eigenvalue weighted by atomic mass is 16.5. The summed E-state index contributed by atoms with van der Waals surface area (Å²) in [6, 6.07) is 1.80. The molecule has 2 heterocycles. The number of carbonyl (C=O) groups excluding carboxylic acids is 1. The smallest absolute Gasteiger partial charge is 0.253 e. The average molecular weight is 263 g/mol. The van der Waals surface area contributed by atoms with Crippen molar-refractivity contribution in [1.82, 2.24) is 10.3 Å². The zero-order valence-corrected chi connectivity index (χ0v) is 11.7. The van der Waals surface area contributed by atoms with Gasteiger partial charge in [0.05, 0.1) is 28.7 Å². The number of anilines is 1. The van der Waals surface area contributed by atoms with Crippen molar-refractivity contribution < 1.29 is 9.53 Å². The number of nitrogen functional groups attached to an aromatic ring is 1. The summed E-state index contributed by atoms with van der Waals surface area (Å²) < 4.78 is 5.64. The largest absolute Gasteiger partial charge is 0.397 e. The molecular weight excluding hydrogens is 242 g/mol. The van der Waals surface area contributed by atoms with Crippen LogP contribution in [0, 0.1) is 6.92 Å². The molecule has 5 nitrogen and oxygen atoms in total. The monoisotopic (exact) mass is 263 g/mol. The number of amides is 1. The summed E-state index contributed by atoms with van der Waals surface area (Å²) in [7, 11) is 0. The van der Waals surface area contributed by atoms with Crippen LogP contribution in [-0.4, -0.2) is 29.1 Å². The van der Waals surface area contributed by atoms with E-state index in [9.17, 15) is 4.79 Å². The number of nitrogens with one attached hydrogen (secondary N) is 1. The number of pyridine rings is 1. The van der Waals surface area contributed by atoms with Gasteiger partial charge in [0.1, 0.15) is 0 Å². The summed E-state index contributed by atoms with van der Waals surface area (Å²) in [4.78, 5) is 16.4. The lowest BCUT2D eigenvalue weighted by atomic mass is 9.93. The number of hydrogen-bond donors (Lipinski definition) is 2. The molecule has 0 saturated carbocycles. The number of ether oxygens (including phenoxy) is 1. The molecule has 1 aromatic heterocycles. The van der Waals surface area contributed by atoms with Crippen molar-refractivity contribution in [1.29, 1.82) is 0 Å². The third-order valence-electron chi connectivity index (χ3n) is 3.39. The van der Waals surface area contributed by atoms with Crippen LogP contribution in [0.4, 0.5) is 5.69 Å². The first-order valence-electron chi connectivity index (χ1n) is 6.54. The van der Waals surface area contributed by atoms with Crippen LogP contribution in [0.1, 0.15) is 42.7 Å². The van der Waals surface area contributed by atoms with Crippen molar-refractivity contribution >= 4 is 11.6 Å². The molecule has 1 amide bonds. The Morgan fingerprint density at radius 2 is 2.32 bits per heavy atom. The highest BCUT2D eigenvalue weighted by molar-refractivity contribution is 5.96. The standard InChI is InChI=1S/C14H21N3O2/c1-9-12(6-10(15)8-16-9)13(18)17-11-4-5-19-14(2,3)7-11/h6,8,11H,4-5,7,15H2,1-3H3,(H,17,18). The van der Waals surface area contributed by atoms with Crippen molar-refractivity contribution in [2.24, 2.45) is 0 Å². The molecule has 1 saturated heterocycles. The molecule has 3 N–H and O–H groups in total. The van der Waals surface area contributed by atoms with Gasteiger partial charge < -0.3 is 15.8 Å². The van der Waals surface area contributed by atoms with E-state index in [1.54, 1.807) is 12.3 Å². The number of hydrogen-bond acceptors (Lipinski definition) is 4. The van der Waals surface area contributed by atoms with Gasteiger partial charge in [-0.1, -0.05) is 0 Å². The molecule has 1 aliphatic rings. The Bertz CT molecular complexity index is 486. The van der Waals surface area contributed by atoms with Gasteiger partial charge in [-0.25, -0.2) is 0 Å². The summed E-state index contributed by atoms with van der Waals surface area (Å²) in [6.45, 7) is 6.56. The van der Waals surface area contributed by atoms with Gasteiger partial charge in [-0.2, -0.15) is 0 Å². The fourth-order valence-corrected chi connectivity index (χ4v) is 2.40. The Kier molecular flexibility index (Phi) is 3.75. The lowest BCUT2D eigenvalue weighted by molar-refractivity contribution is -0.0615. The zero-order chi connectivity index (χ0) is 14.0. The van der Waals surface area contributed by atoms with Gasteiger partial charge in [0.15, 0.2) is 0 Å². The maximum Gasteiger partial charge on any atom is 0.253 e. The third kappa shape index (κ3) is 3.44. The number of rotatable bonds is 2. The number of carbonyl (C=O) groups is 1.